The van der Waals surface area contributed by atoms with E-state index in [2.05, 4.69) is 39.4 Å². The van der Waals surface area contributed by atoms with E-state index in [0.29, 0.717) is 27.3 Å². The molecule has 0 bridgehead atoms. The Labute approximate surface area is 180 Å². The van der Waals surface area contributed by atoms with Crippen molar-refractivity contribution >= 4 is 52.5 Å². The third-order valence-corrected chi connectivity index (χ3v) is 5.62. The van der Waals surface area contributed by atoms with Crippen molar-refractivity contribution in [2.75, 3.05) is 44.6 Å². The molecule has 1 aliphatic rings. The summed E-state index contributed by atoms with van der Waals surface area (Å²) < 4.78 is 0. The van der Waals surface area contributed by atoms with E-state index in [1.54, 1.807) is 6.07 Å². The van der Waals surface area contributed by atoms with Crippen molar-refractivity contribution in [3.05, 3.63) is 69.2 Å². The van der Waals surface area contributed by atoms with Crippen LogP contribution in [0, 0.1) is 0 Å². The third-order valence-electron chi connectivity index (χ3n) is 4.59. The van der Waals surface area contributed by atoms with Gasteiger partial charge < -0.3 is 5.32 Å². The molecule has 1 aliphatic heterocycles. The molecule has 1 saturated heterocycles. The first-order valence-electron chi connectivity index (χ1n) is 9.12. The minimum Gasteiger partial charge on any atom is -0.324 e. The molecule has 0 unspecified atom stereocenters. The summed E-state index contributed by atoms with van der Waals surface area (Å²) in [5, 5.41) is 3.90. The van der Waals surface area contributed by atoms with Crippen LogP contribution in [0.1, 0.15) is 5.56 Å². The molecule has 1 N–H and O–H groups in total. The van der Waals surface area contributed by atoms with Crippen LogP contribution >= 0.6 is 34.8 Å². The molecule has 1 amide bonds. The number of carbonyl (C=O) groups is 1. The molecule has 0 aromatic heterocycles. The van der Waals surface area contributed by atoms with E-state index >= 15 is 0 Å². The molecule has 7 heteroatoms. The van der Waals surface area contributed by atoms with Crippen LogP contribution in [0.5, 0.6) is 0 Å². The summed E-state index contributed by atoms with van der Waals surface area (Å²) in [5.74, 6) is -0.113. The van der Waals surface area contributed by atoms with Gasteiger partial charge in [-0.3, -0.25) is 14.6 Å². The molecule has 0 aliphatic carbocycles. The molecule has 2 aromatic rings. The molecule has 0 atom stereocenters. The number of nitrogens with one attached hydrogen (secondary N) is 1. The quantitative estimate of drug-likeness (QED) is 0.651. The second-order valence-corrected chi connectivity index (χ2v) is 7.91. The summed E-state index contributed by atoms with van der Waals surface area (Å²) >= 11 is 18.0. The smallest absolute Gasteiger partial charge is 0.238 e. The molecule has 1 heterocycles. The fraction of sp³-hybridized carbons (Fsp3) is 0.286. The van der Waals surface area contributed by atoms with E-state index in [4.69, 9.17) is 34.8 Å². The van der Waals surface area contributed by atoms with Gasteiger partial charge >= 0.3 is 0 Å². The van der Waals surface area contributed by atoms with Crippen molar-refractivity contribution in [2.24, 2.45) is 0 Å². The van der Waals surface area contributed by atoms with Gasteiger partial charge in [0, 0.05) is 32.7 Å². The molecule has 4 nitrogen and oxygen atoms in total. The maximum absolute atomic E-state index is 12.3. The van der Waals surface area contributed by atoms with Crippen LogP contribution < -0.4 is 5.32 Å². The van der Waals surface area contributed by atoms with Crippen molar-refractivity contribution in [2.45, 2.75) is 0 Å². The molecular weight excluding hydrogens is 417 g/mol. The number of hydrogen-bond donors (Lipinski definition) is 1. The molecule has 3 rings (SSSR count). The fourth-order valence-electron chi connectivity index (χ4n) is 3.04. The fourth-order valence-corrected chi connectivity index (χ4v) is 3.64. The minimum atomic E-state index is -0.113. The zero-order valence-electron chi connectivity index (χ0n) is 15.4. The van der Waals surface area contributed by atoms with Crippen LogP contribution in [-0.2, 0) is 4.79 Å². The third kappa shape index (κ3) is 6.23. The number of amides is 1. The van der Waals surface area contributed by atoms with Gasteiger partial charge in [0.1, 0.15) is 0 Å². The Bertz CT molecular complexity index is 834. The molecular formula is C21H22Cl3N3O. The van der Waals surface area contributed by atoms with Crippen LogP contribution in [0.4, 0.5) is 5.69 Å². The minimum absolute atomic E-state index is 0.113. The van der Waals surface area contributed by atoms with Crippen molar-refractivity contribution < 1.29 is 4.79 Å². The summed E-state index contributed by atoms with van der Waals surface area (Å²) in [6, 6.07) is 13.4. The van der Waals surface area contributed by atoms with Crippen LogP contribution in [0.25, 0.3) is 6.08 Å². The van der Waals surface area contributed by atoms with E-state index in [0.717, 1.165) is 32.7 Å². The number of nitrogens with zero attached hydrogens (tertiary/aromatic N) is 2. The Morgan fingerprint density at radius 1 is 0.929 bits per heavy atom. The molecule has 0 radical (unpaired) electrons. The van der Waals surface area contributed by atoms with Crippen LogP contribution in [0.3, 0.4) is 0 Å². The van der Waals surface area contributed by atoms with Crippen LogP contribution in [0.15, 0.2) is 48.5 Å². The summed E-state index contributed by atoms with van der Waals surface area (Å²) in [7, 11) is 0. The van der Waals surface area contributed by atoms with E-state index in [1.165, 1.54) is 11.6 Å². The first kappa shape index (κ1) is 21.2. The highest BCUT2D eigenvalue weighted by molar-refractivity contribution is 6.44. The Balaban J connectivity index is 1.42. The van der Waals surface area contributed by atoms with Crippen molar-refractivity contribution in [1.82, 2.24) is 9.80 Å². The number of hydrogen-bond acceptors (Lipinski definition) is 3. The first-order chi connectivity index (χ1) is 13.5. The number of anilines is 1. The Kier molecular flexibility index (Phi) is 7.77. The van der Waals surface area contributed by atoms with E-state index in [9.17, 15) is 4.79 Å². The predicted octanol–water partition coefficient (Wildman–Crippen LogP) is 4.92. The zero-order chi connectivity index (χ0) is 19.9. The lowest BCUT2D eigenvalue weighted by Gasteiger charge is -2.33. The first-order valence-corrected chi connectivity index (χ1v) is 10.3. The largest absolute Gasteiger partial charge is 0.324 e. The molecule has 148 valence electrons. The average molecular weight is 439 g/mol. The molecule has 1 fully saturated rings. The van der Waals surface area contributed by atoms with Crippen molar-refractivity contribution in [3.63, 3.8) is 0 Å². The molecule has 0 saturated carbocycles. The Hall–Kier alpha value is -1.56. The van der Waals surface area contributed by atoms with Gasteiger partial charge in [-0.25, -0.2) is 0 Å². The highest BCUT2D eigenvalue weighted by atomic mass is 35.5. The van der Waals surface area contributed by atoms with Crippen molar-refractivity contribution in [1.29, 1.82) is 0 Å². The second kappa shape index (κ2) is 10.3. The summed E-state index contributed by atoms with van der Waals surface area (Å²) in [4.78, 5) is 16.8. The van der Waals surface area contributed by atoms with Gasteiger partial charge in [0.2, 0.25) is 5.91 Å². The van der Waals surface area contributed by atoms with Gasteiger partial charge in [0.15, 0.2) is 0 Å². The van der Waals surface area contributed by atoms with Gasteiger partial charge in [-0.2, -0.15) is 0 Å². The summed E-state index contributed by atoms with van der Waals surface area (Å²) in [5.41, 5.74) is 1.68. The van der Waals surface area contributed by atoms with E-state index in [-0.39, 0.29) is 5.91 Å². The lowest BCUT2D eigenvalue weighted by atomic mass is 10.2. The lowest BCUT2D eigenvalue weighted by Crippen LogP contribution is -2.48. The van der Waals surface area contributed by atoms with Gasteiger partial charge in [0.05, 0.1) is 27.3 Å². The zero-order valence-corrected chi connectivity index (χ0v) is 17.6. The topological polar surface area (TPSA) is 35.6 Å². The monoisotopic (exact) mass is 437 g/mol. The Morgan fingerprint density at radius 2 is 1.57 bits per heavy atom. The second-order valence-electron chi connectivity index (χ2n) is 6.68. The number of rotatable bonds is 6. The number of benzene rings is 2. The van der Waals surface area contributed by atoms with Gasteiger partial charge in [-0.1, -0.05) is 77.3 Å². The van der Waals surface area contributed by atoms with Crippen LogP contribution in [0.2, 0.25) is 15.1 Å². The standard InChI is InChI=1S/C21H22Cl3N3O/c22-17-13-19(24)20(14-18(17)23)25-21(28)15-27-11-9-26(10-12-27)8-4-7-16-5-2-1-3-6-16/h1-7,13-14H,8-12,15H2,(H,25,28)/b7-4+. The maximum atomic E-state index is 12.3. The SMILES string of the molecule is O=C(CN1CCN(C/C=C/c2ccccc2)CC1)Nc1cc(Cl)c(Cl)cc1Cl. The highest BCUT2D eigenvalue weighted by Crippen LogP contribution is 2.32. The summed E-state index contributed by atoms with van der Waals surface area (Å²) in [6.45, 7) is 4.79. The average Bonchev–Trinajstić information content (AvgIpc) is 2.68. The van der Waals surface area contributed by atoms with Crippen LogP contribution in [-0.4, -0.2) is 55.0 Å². The van der Waals surface area contributed by atoms with Crippen molar-refractivity contribution in [3.8, 4) is 0 Å². The van der Waals surface area contributed by atoms with Gasteiger partial charge in [-0.05, 0) is 17.7 Å². The predicted molar refractivity (Wildman–Crippen MR) is 118 cm³/mol. The molecule has 0 spiro atoms. The normalized spacial score (nSPS) is 15.8. The van der Waals surface area contributed by atoms with E-state index < -0.39 is 0 Å². The van der Waals surface area contributed by atoms with E-state index in [1.807, 2.05) is 18.2 Å². The molecule has 28 heavy (non-hydrogen) atoms. The molecule has 2 aromatic carbocycles. The lowest BCUT2D eigenvalue weighted by molar-refractivity contribution is -0.117. The number of carbonyl (C=O) groups excluding carboxylic acids is 1. The van der Waals surface area contributed by atoms with Gasteiger partial charge in [-0.15, -0.1) is 0 Å². The summed E-state index contributed by atoms with van der Waals surface area (Å²) in [6.07, 6.45) is 4.32. The maximum Gasteiger partial charge on any atom is 0.238 e. The van der Waals surface area contributed by atoms with Gasteiger partial charge in [0.25, 0.3) is 0 Å². The number of piperazine rings is 1. The highest BCUT2D eigenvalue weighted by Gasteiger charge is 2.19. The Morgan fingerprint density at radius 3 is 2.29 bits per heavy atom. The number of halogens is 3.